The van der Waals surface area contributed by atoms with Crippen molar-refractivity contribution < 1.29 is 19.0 Å². The summed E-state index contributed by atoms with van der Waals surface area (Å²) in [5.74, 6) is 0.769. The monoisotopic (exact) mass is 462 g/mol. The second-order valence-electron chi connectivity index (χ2n) is 10.3. The maximum atomic E-state index is 12.8. The fourth-order valence-corrected chi connectivity index (χ4v) is 5.87. The predicted molar refractivity (Wildman–Crippen MR) is 129 cm³/mol. The minimum Gasteiger partial charge on any atom is -0.491 e. The molecular formula is C28H34N2O4. The van der Waals surface area contributed by atoms with E-state index < -0.39 is 0 Å². The average Bonchev–Trinajstić information content (AvgIpc) is 3.62. The molecule has 0 spiro atoms. The van der Waals surface area contributed by atoms with Crippen molar-refractivity contribution in [2.24, 2.45) is 0 Å². The first-order valence-corrected chi connectivity index (χ1v) is 12.8. The highest BCUT2D eigenvalue weighted by atomic mass is 16.5. The summed E-state index contributed by atoms with van der Waals surface area (Å²) in [4.78, 5) is 15.4. The summed E-state index contributed by atoms with van der Waals surface area (Å²) in [6.07, 6.45) is 6.88. The molecule has 180 valence electrons. The Balaban J connectivity index is 1.01. The Kier molecular flexibility index (Phi) is 6.29. The van der Waals surface area contributed by atoms with Gasteiger partial charge in [0, 0.05) is 37.3 Å². The number of likely N-dealkylation sites (tertiary alicyclic amines) is 1. The van der Waals surface area contributed by atoms with Gasteiger partial charge in [-0.1, -0.05) is 18.2 Å². The quantitative estimate of drug-likeness (QED) is 0.683. The lowest BCUT2D eigenvalue weighted by Gasteiger charge is -2.28. The van der Waals surface area contributed by atoms with Crippen LogP contribution in [0.3, 0.4) is 0 Å². The summed E-state index contributed by atoms with van der Waals surface area (Å²) in [5, 5.41) is 3.24. The highest BCUT2D eigenvalue weighted by molar-refractivity contribution is 5.94. The smallest absolute Gasteiger partial charge is 0.251 e. The molecule has 3 saturated heterocycles. The summed E-state index contributed by atoms with van der Waals surface area (Å²) in [6.45, 7) is 4.38. The van der Waals surface area contributed by atoms with Gasteiger partial charge < -0.3 is 19.5 Å². The molecule has 6 rings (SSSR count). The summed E-state index contributed by atoms with van der Waals surface area (Å²) in [6, 6.07) is 15.1. The number of ether oxygens (including phenoxy) is 3. The first-order valence-electron chi connectivity index (χ1n) is 12.8. The molecule has 3 fully saturated rings. The van der Waals surface area contributed by atoms with Crippen molar-refractivity contribution in [2.45, 2.75) is 69.4 Å². The highest BCUT2D eigenvalue weighted by Gasteiger charge is 2.38. The molecule has 3 aliphatic heterocycles. The molecule has 1 N–H and O–H groups in total. The molecule has 1 amide bonds. The van der Waals surface area contributed by atoms with E-state index >= 15 is 0 Å². The summed E-state index contributed by atoms with van der Waals surface area (Å²) in [5.41, 5.74) is 4.88. The van der Waals surface area contributed by atoms with Crippen LogP contribution >= 0.6 is 0 Å². The minimum absolute atomic E-state index is 0.0120. The average molecular weight is 463 g/mol. The first-order chi connectivity index (χ1) is 16.7. The van der Waals surface area contributed by atoms with E-state index in [9.17, 15) is 4.79 Å². The minimum atomic E-state index is -0.0120. The third-order valence-corrected chi connectivity index (χ3v) is 7.81. The van der Waals surface area contributed by atoms with Crippen LogP contribution in [0.5, 0.6) is 5.75 Å². The molecule has 34 heavy (non-hydrogen) atoms. The van der Waals surface area contributed by atoms with Gasteiger partial charge >= 0.3 is 0 Å². The topological polar surface area (TPSA) is 60.0 Å². The Morgan fingerprint density at radius 1 is 1.09 bits per heavy atom. The number of benzene rings is 2. The van der Waals surface area contributed by atoms with Crippen molar-refractivity contribution in [1.82, 2.24) is 10.2 Å². The van der Waals surface area contributed by atoms with Crippen molar-refractivity contribution in [3.63, 3.8) is 0 Å². The second kappa shape index (κ2) is 9.68. The fraction of sp³-hybridized carbons (Fsp3) is 0.536. The van der Waals surface area contributed by atoms with Crippen molar-refractivity contribution >= 4 is 5.91 Å². The van der Waals surface area contributed by atoms with Crippen molar-refractivity contribution in [1.29, 1.82) is 0 Å². The van der Waals surface area contributed by atoms with Gasteiger partial charge in [0.1, 0.15) is 12.4 Å². The van der Waals surface area contributed by atoms with E-state index in [0.717, 1.165) is 64.2 Å². The zero-order chi connectivity index (χ0) is 22.9. The predicted octanol–water partition coefficient (Wildman–Crippen LogP) is 3.50. The van der Waals surface area contributed by atoms with E-state index in [2.05, 4.69) is 28.4 Å². The molecule has 0 radical (unpaired) electrons. The number of hydrogen-bond acceptors (Lipinski definition) is 5. The third-order valence-electron chi connectivity index (χ3n) is 7.81. The van der Waals surface area contributed by atoms with Gasteiger partial charge in [-0.25, -0.2) is 0 Å². The van der Waals surface area contributed by atoms with E-state index in [1.165, 1.54) is 23.1 Å². The van der Waals surface area contributed by atoms with Gasteiger partial charge in [0.15, 0.2) is 0 Å². The van der Waals surface area contributed by atoms with Gasteiger partial charge in [0.2, 0.25) is 0 Å². The number of rotatable bonds is 7. The zero-order valence-electron chi connectivity index (χ0n) is 19.7. The van der Waals surface area contributed by atoms with Crippen LogP contribution in [0.4, 0.5) is 0 Å². The number of aryl methyl sites for hydroxylation is 1. The van der Waals surface area contributed by atoms with Crippen LogP contribution in [0.15, 0.2) is 42.5 Å². The number of morpholine rings is 1. The van der Waals surface area contributed by atoms with E-state index in [0.29, 0.717) is 24.3 Å². The Hall–Kier alpha value is -2.41. The Labute approximate surface area is 201 Å². The number of nitrogens with zero attached hydrogens (tertiary/aromatic N) is 1. The summed E-state index contributed by atoms with van der Waals surface area (Å²) < 4.78 is 17.1. The van der Waals surface area contributed by atoms with Crippen molar-refractivity contribution in [3.8, 4) is 5.75 Å². The molecule has 4 atom stereocenters. The number of nitrogens with one attached hydrogen (secondary N) is 1. The normalized spacial score (nSPS) is 28.1. The standard InChI is InChI=1S/C28H34N2O4/c31-28(20-6-9-25(10-7-20)34-18-26-2-1-11-32-26)29-23-8-5-21-12-19(3-4-22(21)13-23)15-30-16-27-14-24(30)17-33-27/h3-4,6-7,9-10,12,23-24,26-27H,1-2,5,8,11,13-18H2,(H,29,31)/t23-,24-,26-,27-/m0/s1. The van der Waals surface area contributed by atoms with Gasteiger partial charge in [0.05, 0.1) is 18.8 Å². The van der Waals surface area contributed by atoms with Gasteiger partial charge in [0.25, 0.3) is 5.91 Å². The molecule has 3 heterocycles. The van der Waals surface area contributed by atoms with E-state index in [-0.39, 0.29) is 18.1 Å². The third kappa shape index (κ3) is 4.85. The van der Waals surface area contributed by atoms with E-state index in [1.807, 2.05) is 24.3 Å². The molecule has 2 aromatic rings. The highest BCUT2D eigenvalue weighted by Crippen LogP contribution is 2.30. The summed E-state index contributed by atoms with van der Waals surface area (Å²) >= 11 is 0. The van der Waals surface area contributed by atoms with Gasteiger partial charge in [-0.15, -0.1) is 0 Å². The lowest BCUT2D eigenvalue weighted by Crippen LogP contribution is -2.39. The molecule has 0 aromatic heterocycles. The van der Waals surface area contributed by atoms with E-state index in [1.54, 1.807) is 0 Å². The molecular weight excluding hydrogens is 428 g/mol. The van der Waals surface area contributed by atoms with Crippen LogP contribution in [0.25, 0.3) is 0 Å². The molecule has 6 heteroatoms. The number of carbonyl (C=O) groups is 1. The summed E-state index contributed by atoms with van der Waals surface area (Å²) in [7, 11) is 0. The van der Waals surface area contributed by atoms with Crippen LogP contribution in [0.2, 0.25) is 0 Å². The van der Waals surface area contributed by atoms with Crippen LogP contribution in [0, 0.1) is 0 Å². The largest absolute Gasteiger partial charge is 0.491 e. The molecule has 2 bridgehead atoms. The SMILES string of the molecule is O=C(N[C@H]1CCc2cc(CN3C[C@@H]4C[C@H]3CO4)ccc2C1)c1ccc(OC[C@@H]2CCCO2)cc1. The zero-order valence-corrected chi connectivity index (χ0v) is 19.7. The number of carbonyl (C=O) groups excluding carboxylic acids is 1. The van der Waals surface area contributed by atoms with Crippen LogP contribution < -0.4 is 10.1 Å². The Morgan fingerprint density at radius 2 is 2.00 bits per heavy atom. The maximum Gasteiger partial charge on any atom is 0.251 e. The van der Waals surface area contributed by atoms with Crippen LogP contribution in [-0.4, -0.2) is 61.5 Å². The van der Waals surface area contributed by atoms with Crippen molar-refractivity contribution in [2.75, 3.05) is 26.4 Å². The molecule has 2 aromatic carbocycles. The van der Waals surface area contributed by atoms with Crippen LogP contribution in [-0.2, 0) is 28.9 Å². The molecule has 0 unspecified atom stereocenters. The van der Waals surface area contributed by atoms with Gasteiger partial charge in [-0.3, -0.25) is 9.69 Å². The molecule has 0 saturated carbocycles. The second-order valence-corrected chi connectivity index (χ2v) is 10.3. The lowest BCUT2D eigenvalue weighted by molar-refractivity contribution is 0.0273. The first kappa shape index (κ1) is 22.1. The number of fused-ring (bicyclic) bond motifs is 3. The van der Waals surface area contributed by atoms with Crippen LogP contribution in [0.1, 0.15) is 52.7 Å². The van der Waals surface area contributed by atoms with E-state index in [4.69, 9.17) is 14.2 Å². The molecule has 6 nitrogen and oxygen atoms in total. The number of hydrogen-bond donors (Lipinski definition) is 1. The molecule has 1 aliphatic carbocycles. The Morgan fingerprint density at radius 3 is 2.76 bits per heavy atom. The van der Waals surface area contributed by atoms with Gasteiger partial charge in [-0.05, 0) is 79.5 Å². The maximum absolute atomic E-state index is 12.8. The van der Waals surface area contributed by atoms with Crippen molar-refractivity contribution in [3.05, 3.63) is 64.7 Å². The number of amides is 1. The Bertz CT molecular complexity index is 1020. The van der Waals surface area contributed by atoms with Gasteiger partial charge in [-0.2, -0.15) is 0 Å². The fourth-order valence-electron chi connectivity index (χ4n) is 5.87. The molecule has 4 aliphatic rings. The lowest BCUT2D eigenvalue weighted by atomic mass is 9.87.